The Balaban J connectivity index is 4.28. The zero-order chi connectivity index (χ0) is 13.6. The molecule has 0 bridgehead atoms. The van der Waals surface area contributed by atoms with Crippen LogP contribution in [0, 0.1) is 0 Å². The van der Waals surface area contributed by atoms with Gasteiger partial charge in [-0.3, -0.25) is 4.79 Å². The molecule has 0 aromatic heterocycles. The number of carbonyl (C=O) groups is 2. The highest BCUT2D eigenvalue weighted by Crippen LogP contribution is 2.11. The summed E-state index contributed by atoms with van der Waals surface area (Å²) in [5.74, 6) is -1.97. The lowest BCUT2D eigenvalue weighted by molar-refractivity contribution is -0.155. The van der Waals surface area contributed by atoms with Crippen LogP contribution in [0.4, 0.5) is 0 Å². The highest BCUT2D eigenvalue weighted by Gasteiger charge is 2.21. The Hall–Kier alpha value is -1.79. The van der Waals surface area contributed by atoms with E-state index < -0.39 is 23.6 Å². The van der Waals surface area contributed by atoms with Gasteiger partial charge >= 0.3 is 11.9 Å². The molecule has 1 unspecified atom stereocenters. The summed E-state index contributed by atoms with van der Waals surface area (Å²) in [6.45, 7) is 5.20. The van der Waals surface area contributed by atoms with Crippen molar-refractivity contribution < 1.29 is 19.4 Å². The van der Waals surface area contributed by atoms with Crippen molar-refractivity contribution in [2.75, 3.05) is 0 Å². The van der Waals surface area contributed by atoms with Crippen molar-refractivity contribution >= 4 is 17.9 Å². The van der Waals surface area contributed by atoms with E-state index >= 15 is 0 Å². The lowest BCUT2D eigenvalue weighted by Crippen LogP contribution is -2.30. The van der Waals surface area contributed by atoms with Gasteiger partial charge in [0.15, 0.2) is 12.0 Å². The van der Waals surface area contributed by atoms with E-state index in [-0.39, 0.29) is 18.8 Å². The van der Waals surface area contributed by atoms with Crippen molar-refractivity contribution in [2.24, 2.45) is 16.5 Å². The van der Waals surface area contributed by atoms with Crippen LogP contribution in [0.25, 0.3) is 0 Å². The summed E-state index contributed by atoms with van der Waals surface area (Å²) in [6.07, 6.45) is -0.0484. The maximum Gasteiger partial charge on any atom is 0.328 e. The van der Waals surface area contributed by atoms with Crippen molar-refractivity contribution in [1.82, 2.24) is 0 Å². The Morgan fingerprint density at radius 1 is 1.35 bits per heavy atom. The summed E-state index contributed by atoms with van der Waals surface area (Å²) in [5, 5.41) is 8.80. The average Bonchev–Trinajstić information content (AvgIpc) is 2.08. The number of nitrogens with two attached hydrogens (primary N) is 2. The first kappa shape index (κ1) is 15.2. The number of ether oxygens (including phenoxy) is 1. The number of aliphatic carboxylic acids is 1. The predicted octanol–water partition coefficient (Wildman–Crippen LogP) is -0.165. The minimum atomic E-state index is -1.18. The molecule has 0 radical (unpaired) electrons. The van der Waals surface area contributed by atoms with Crippen LogP contribution in [0.15, 0.2) is 4.99 Å². The molecule has 0 aliphatic rings. The first-order valence-electron chi connectivity index (χ1n) is 5.15. The highest BCUT2D eigenvalue weighted by atomic mass is 16.6. The molecule has 0 rings (SSSR count). The van der Waals surface area contributed by atoms with Crippen LogP contribution in [0.5, 0.6) is 0 Å². The Bertz CT molecular complexity index is 316. The largest absolute Gasteiger partial charge is 0.480 e. The van der Waals surface area contributed by atoms with Crippen LogP contribution in [0.3, 0.4) is 0 Å². The monoisotopic (exact) mass is 245 g/mol. The van der Waals surface area contributed by atoms with Gasteiger partial charge in [-0.25, -0.2) is 9.79 Å². The van der Waals surface area contributed by atoms with Crippen LogP contribution < -0.4 is 11.5 Å². The molecule has 0 saturated carbocycles. The molecule has 7 nitrogen and oxygen atoms in total. The molecule has 7 heteroatoms. The predicted molar refractivity (Wildman–Crippen MR) is 62.3 cm³/mol. The van der Waals surface area contributed by atoms with Gasteiger partial charge in [0.1, 0.15) is 5.60 Å². The molecule has 0 fully saturated rings. The van der Waals surface area contributed by atoms with Gasteiger partial charge < -0.3 is 21.3 Å². The number of hydrogen-bond acceptors (Lipinski definition) is 4. The first-order valence-corrected chi connectivity index (χ1v) is 5.15. The van der Waals surface area contributed by atoms with Crippen molar-refractivity contribution in [1.29, 1.82) is 0 Å². The number of carbonyl (C=O) groups excluding carboxylic acids is 1. The third-order valence-corrected chi connectivity index (χ3v) is 1.63. The molecular formula is C10H19N3O4. The molecule has 0 aliphatic carbocycles. The summed E-state index contributed by atoms with van der Waals surface area (Å²) < 4.78 is 5.03. The molecule has 0 aromatic carbocycles. The van der Waals surface area contributed by atoms with E-state index in [1.807, 2.05) is 0 Å². The van der Waals surface area contributed by atoms with E-state index in [4.69, 9.17) is 21.3 Å². The number of aliphatic imine (C=N–C) groups is 1. The zero-order valence-corrected chi connectivity index (χ0v) is 10.3. The first-order chi connectivity index (χ1) is 7.61. The number of nitrogens with zero attached hydrogens (tertiary/aromatic N) is 1. The van der Waals surface area contributed by atoms with Gasteiger partial charge in [-0.05, 0) is 27.2 Å². The Morgan fingerprint density at radius 3 is 2.24 bits per heavy atom. The molecule has 17 heavy (non-hydrogen) atoms. The van der Waals surface area contributed by atoms with E-state index in [9.17, 15) is 9.59 Å². The van der Waals surface area contributed by atoms with Gasteiger partial charge in [0.2, 0.25) is 0 Å². The van der Waals surface area contributed by atoms with Gasteiger partial charge in [-0.1, -0.05) is 0 Å². The zero-order valence-electron chi connectivity index (χ0n) is 10.3. The molecule has 0 spiro atoms. The molecule has 0 saturated heterocycles. The van der Waals surface area contributed by atoms with E-state index in [2.05, 4.69) is 4.99 Å². The molecule has 1 atom stereocenters. The number of esters is 1. The highest BCUT2D eigenvalue weighted by molar-refractivity contribution is 5.82. The maximum absolute atomic E-state index is 11.3. The van der Waals surface area contributed by atoms with Crippen molar-refractivity contribution in [3.05, 3.63) is 0 Å². The van der Waals surface area contributed by atoms with Crippen LogP contribution >= 0.6 is 0 Å². The van der Waals surface area contributed by atoms with Gasteiger partial charge in [0, 0.05) is 6.42 Å². The average molecular weight is 245 g/mol. The molecule has 0 aliphatic heterocycles. The Labute approximate surface area is 99.8 Å². The summed E-state index contributed by atoms with van der Waals surface area (Å²) in [6, 6.07) is -1.12. The quantitative estimate of drug-likeness (QED) is 0.350. The topological polar surface area (TPSA) is 128 Å². The van der Waals surface area contributed by atoms with Gasteiger partial charge in [-0.15, -0.1) is 0 Å². The minimum absolute atomic E-state index is 0.00213. The van der Waals surface area contributed by atoms with E-state index in [0.29, 0.717) is 0 Å². The second-order valence-corrected chi connectivity index (χ2v) is 4.53. The second kappa shape index (κ2) is 6.07. The summed E-state index contributed by atoms with van der Waals surface area (Å²) in [4.78, 5) is 25.6. The minimum Gasteiger partial charge on any atom is -0.480 e. The van der Waals surface area contributed by atoms with Crippen molar-refractivity contribution in [3.63, 3.8) is 0 Å². The molecule has 0 heterocycles. The van der Waals surface area contributed by atoms with E-state index in [1.54, 1.807) is 20.8 Å². The van der Waals surface area contributed by atoms with Crippen molar-refractivity contribution in [3.8, 4) is 0 Å². The van der Waals surface area contributed by atoms with Crippen LogP contribution in [0.1, 0.15) is 33.6 Å². The number of guanidine groups is 1. The van der Waals surface area contributed by atoms with Gasteiger partial charge in [0.05, 0.1) is 0 Å². The third kappa shape index (κ3) is 8.06. The lowest BCUT2D eigenvalue weighted by atomic mass is 10.1. The van der Waals surface area contributed by atoms with Crippen LogP contribution in [-0.4, -0.2) is 34.6 Å². The second-order valence-electron chi connectivity index (χ2n) is 4.53. The summed E-state index contributed by atoms with van der Waals surface area (Å²) in [7, 11) is 0. The normalized spacial score (nSPS) is 12.6. The molecular weight excluding hydrogens is 226 g/mol. The standard InChI is InChI=1S/C10H19N3O4/c1-10(2,3)17-7(14)5-4-6(8(15)16)13-9(11)12/h6H,4-5H2,1-3H3,(H,15,16)(H4,11,12,13). The van der Waals surface area contributed by atoms with Gasteiger partial charge in [-0.2, -0.15) is 0 Å². The summed E-state index contributed by atoms with van der Waals surface area (Å²) in [5.41, 5.74) is 9.58. The Morgan fingerprint density at radius 2 is 1.88 bits per heavy atom. The smallest absolute Gasteiger partial charge is 0.328 e. The van der Waals surface area contributed by atoms with Crippen LogP contribution in [0.2, 0.25) is 0 Å². The van der Waals surface area contributed by atoms with Crippen molar-refractivity contribution in [2.45, 2.75) is 45.3 Å². The SMILES string of the molecule is CC(C)(C)OC(=O)CCC(N=C(N)N)C(=O)O. The maximum atomic E-state index is 11.3. The van der Waals surface area contributed by atoms with E-state index in [0.717, 1.165) is 0 Å². The third-order valence-electron chi connectivity index (χ3n) is 1.63. The molecule has 98 valence electrons. The molecule has 5 N–H and O–H groups in total. The van der Waals surface area contributed by atoms with Gasteiger partial charge in [0.25, 0.3) is 0 Å². The molecule has 0 aromatic rings. The lowest BCUT2D eigenvalue weighted by Gasteiger charge is -2.19. The fraction of sp³-hybridized carbons (Fsp3) is 0.700. The number of carboxylic acid groups (broad SMARTS) is 1. The van der Waals surface area contributed by atoms with E-state index in [1.165, 1.54) is 0 Å². The fourth-order valence-corrected chi connectivity index (χ4v) is 1.07. The summed E-state index contributed by atoms with van der Waals surface area (Å²) >= 11 is 0. The Kier molecular flexibility index (Phi) is 5.43. The fourth-order valence-electron chi connectivity index (χ4n) is 1.07. The number of carboxylic acids is 1. The number of rotatable bonds is 5. The van der Waals surface area contributed by atoms with Crippen LogP contribution in [-0.2, 0) is 14.3 Å². The number of hydrogen-bond donors (Lipinski definition) is 3. The molecule has 0 amide bonds.